The second-order valence-electron chi connectivity index (χ2n) is 6.10. The third-order valence-electron chi connectivity index (χ3n) is 4.06. The molecule has 1 aromatic carbocycles. The highest BCUT2D eigenvalue weighted by Crippen LogP contribution is 2.32. The van der Waals surface area contributed by atoms with Gasteiger partial charge in [0.1, 0.15) is 0 Å². The summed E-state index contributed by atoms with van der Waals surface area (Å²) in [5, 5.41) is 14.2. The summed E-state index contributed by atoms with van der Waals surface area (Å²) in [5.41, 5.74) is 2.64. The second kappa shape index (κ2) is 5.93. The number of aliphatic hydroxyl groups excluding tert-OH is 1. The van der Waals surface area contributed by atoms with Gasteiger partial charge >= 0.3 is 0 Å². The van der Waals surface area contributed by atoms with Crippen molar-refractivity contribution in [3.63, 3.8) is 0 Å². The number of carbonyl (C=O) groups is 1. The molecule has 1 saturated carbocycles. The van der Waals surface area contributed by atoms with Crippen molar-refractivity contribution < 1.29 is 9.90 Å². The molecule has 1 N–H and O–H groups in total. The van der Waals surface area contributed by atoms with Crippen molar-refractivity contribution in [3.8, 4) is 5.69 Å². The van der Waals surface area contributed by atoms with Crippen LogP contribution in [0.3, 0.4) is 0 Å². The summed E-state index contributed by atoms with van der Waals surface area (Å²) in [6.45, 7) is 2.38. The number of hydrogen-bond acceptors (Lipinski definition) is 3. The Bertz CT molecular complexity index is 659. The molecule has 5 heteroatoms. The maximum Gasteiger partial charge on any atom is 0.253 e. The molecule has 0 spiro atoms. The fraction of sp³-hybridized carbons (Fsp3) is 0.412. The molecule has 3 rings (SSSR count). The van der Waals surface area contributed by atoms with Crippen molar-refractivity contribution in [3.05, 3.63) is 47.8 Å². The molecule has 5 nitrogen and oxygen atoms in total. The van der Waals surface area contributed by atoms with Crippen LogP contribution >= 0.6 is 0 Å². The lowest BCUT2D eigenvalue weighted by Crippen LogP contribution is -2.35. The highest BCUT2D eigenvalue weighted by Gasteiger charge is 2.31. The lowest BCUT2D eigenvalue weighted by molar-refractivity contribution is 0.0645. The summed E-state index contributed by atoms with van der Waals surface area (Å²) < 4.78 is 1.78. The Hall–Kier alpha value is -2.14. The van der Waals surface area contributed by atoms with E-state index in [4.69, 9.17) is 0 Å². The molecule has 1 aliphatic rings. The zero-order valence-electron chi connectivity index (χ0n) is 12.9. The normalized spacial score (nSPS) is 15.6. The summed E-state index contributed by atoms with van der Waals surface area (Å²) in [5.74, 6) is 0.309. The highest BCUT2D eigenvalue weighted by molar-refractivity contribution is 5.94. The summed E-state index contributed by atoms with van der Waals surface area (Å²) in [6.07, 6.45) is 5.48. The van der Waals surface area contributed by atoms with Crippen molar-refractivity contribution in [1.29, 1.82) is 0 Å². The van der Waals surface area contributed by atoms with Gasteiger partial charge in [0.25, 0.3) is 5.91 Å². The Morgan fingerprint density at radius 1 is 1.41 bits per heavy atom. The quantitative estimate of drug-likeness (QED) is 0.919. The van der Waals surface area contributed by atoms with Crippen molar-refractivity contribution in [1.82, 2.24) is 14.7 Å². The number of rotatable bonds is 5. The van der Waals surface area contributed by atoms with Gasteiger partial charge in [-0.1, -0.05) is 0 Å². The molecule has 1 aliphatic carbocycles. The number of carbonyl (C=O) groups excluding carboxylic acids is 1. The lowest BCUT2D eigenvalue weighted by Gasteiger charge is -2.20. The van der Waals surface area contributed by atoms with Crippen LogP contribution in [-0.4, -0.2) is 45.4 Å². The minimum atomic E-state index is -0.403. The largest absolute Gasteiger partial charge is 0.391 e. The van der Waals surface area contributed by atoms with E-state index in [-0.39, 0.29) is 5.91 Å². The maximum atomic E-state index is 12.4. The van der Waals surface area contributed by atoms with Gasteiger partial charge in [0.15, 0.2) is 0 Å². The Kier molecular flexibility index (Phi) is 3.98. The Morgan fingerprint density at radius 3 is 2.64 bits per heavy atom. The van der Waals surface area contributed by atoms with E-state index in [0.717, 1.165) is 24.1 Å². The number of aromatic nitrogens is 2. The van der Waals surface area contributed by atoms with E-state index < -0.39 is 6.10 Å². The van der Waals surface area contributed by atoms with E-state index in [9.17, 15) is 9.90 Å². The van der Waals surface area contributed by atoms with Crippen LogP contribution < -0.4 is 0 Å². The highest BCUT2D eigenvalue weighted by atomic mass is 16.3. The Labute approximate surface area is 130 Å². The van der Waals surface area contributed by atoms with Crippen molar-refractivity contribution in [2.45, 2.75) is 25.9 Å². The molecular weight excluding hydrogens is 278 g/mol. The van der Waals surface area contributed by atoms with Crippen molar-refractivity contribution in [2.75, 3.05) is 13.6 Å². The number of likely N-dealkylation sites (N-methyl/N-ethyl adjacent to an activating group) is 1. The number of hydrogen-bond donors (Lipinski definition) is 1. The van der Waals surface area contributed by atoms with Crippen molar-refractivity contribution >= 4 is 5.91 Å². The van der Waals surface area contributed by atoms with E-state index in [1.165, 1.54) is 0 Å². The minimum Gasteiger partial charge on any atom is -0.391 e. The second-order valence-corrected chi connectivity index (χ2v) is 6.10. The molecule has 1 unspecified atom stereocenters. The molecule has 22 heavy (non-hydrogen) atoms. The minimum absolute atomic E-state index is 0.0668. The zero-order valence-corrected chi connectivity index (χ0v) is 12.9. The first kappa shape index (κ1) is 14.8. The molecule has 0 radical (unpaired) electrons. The van der Waals surface area contributed by atoms with Gasteiger partial charge in [0, 0.05) is 25.4 Å². The summed E-state index contributed by atoms with van der Waals surface area (Å²) in [7, 11) is 1.73. The molecule has 2 aromatic rings. The van der Waals surface area contributed by atoms with Gasteiger partial charge in [-0.3, -0.25) is 4.79 Å². The SMILES string of the molecule is Cc1cnn(-c2ccc(C(=O)N(C)CC(O)C3CC3)cc2)c1. The number of aliphatic hydroxyl groups is 1. The smallest absolute Gasteiger partial charge is 0.253 e. The van der Waals surface area contributed by atoms with Crippen LogP contribution in [0.1, 0.15) is 28.8 Å². The summed E-state index contributed by atoms with van der Waals surface area (Å²) >= 11 is 0. The van der Waals surface area contributed by atoms with Crippen LogP contribution in [0.5, 0.6) is 0 Å². The van der Waals surface area contributed by atoms with E-state index in [2.05, 4.69) is 5.10 Å². The predicted octanol–water partition coefficient (Wildman–Crippen LogP) is 2.02. The fourth-order valence-electron chi connectivity index (χ4n) is 2.52. The van der Waals surface area contributed by atoms with E-state index in [1.807, 2.05) is 25.3 Å². The van der Waals surface area contributed by atoms with Crippen LogP contribution in [0.25, 0.3) is 5.69 Å². The molecule has 0 bridgehead atoms. The van der Waals surface area contributed by atoms with Crippen LogP contribution in [0.15, 0.2) is 36.7 Å². The molecule has 1 amide bonds. The maximum absolute atomic E-state index is 12.4. The van der Waals surface area contributed by atoms with Gasteiger partial charge in [0.2, 0.25) is 0 Å². The third-order valence-corrected chi connectivity index (χ3v) is 4.06. The molecule has 1 atom stereocenters. The van der Waals surface area contributed by atoms with Crippen LogP contribution in [-0.2, 0) is 0 Å². The number of nitrogens with zero attached hydrogens (tertiary/aromatic N) is 3. The predicted molar refractivity (Wildman–Crippen MR) is 84.0 cm³/mol. The number of benzene rings is 1. The molecule has 1 heterocycles. The topological polar surface area (TPSA) is 58.4 Å². The third kappa shape index (κ3) is 3.20. The standard InChI is InChI=1S/C17H21N3O2/c1-12-9-18-20(10-12)15-7-5-14(6-8-15)17(22)19(2)11-16(21)13-3-4-13/h5-10,13,16,21H,3-4,11H2,1-2H3. The molecular formula is C17H21N3O2. The number of aryl methyl sites for hydroxylation is 1. The van der Waals surface area contributed by atoms with Gasteiger partial charge in [-0.2, -0.15) is 5.10 Å². The fourth-order valence-corrected chi connectivity index (χ4v) is 2.52. The first-order valence-corrected chi connectivity index (χ1v) is 7.60. The molecule has 0 aliphatic heterocycles. The van der Waals surface area contributed by atoms with Crippen LogP contribution in [0, 0.1) is 12.8 Å². The lowest BCUT2D eigenvalue weighted by atomic mass is 10.1. The van der Waals surface area contributed by atoms with Gasteiger partial charge in [-0.15, -0.1) is 0 Å². The monoisotopic (exact) mass is 299 g/mol. The number of amides is 1. The van der Waals surface area contributed by atoms with Gasteiger partial charge in [-0.05, 0) is 55.5 Å². The molecule has 116 valence electrons. The zero-order chi connectivity index (χ0) is 15.7. The molecule has 1 fully saturated rings. The summed E-state index contributed by atoms with van der Waals surface area (Å²) in [6, 6.07) is 7.36. The van der Waals surface area contributed by atoms with Crippen molar-refractivity contribution in [2.24, 2.45) is 5.92 Å². The first-order chi connectivity index (χ1) is 10.5. The summed E-state index contributed by atoms with van der Waals surface area (Å²) in [4.78, 5) is 14.0. The van der Waals surface area contributed by atoms with E-state index >= 15 is 0 Å². The average Bonchev–Trinajstić information content (AvgIpc) is 3.28. The van der Waals surface area contributed by atoms with E-state index in [0.29, 0.717) is 18.0 Å². The first-order valence-electron chi connectivity index (χ1n) is 7.60. The van der Waals surface area contributed by atoms with Gasteiger partial charge in [-0.25, -0.2) is 4.68 Å². The Morgan fingerprint density at radius 2 is 2.09 bits per heavy atom. The van der Waals surface area contributed by atoms with Crippen LogP contribution in [0.2, 0.25) is 0 Å². The van der Waals surface area contributed by atoms with Gasteiger partial charge in [0.05, 0.1) is 18.0 Å². The molecule has 0 saturated heterocycles. The van der Waals surface area contributed by atoms with Crippen LogP contribution in [0.4, 0.5) is 0 Å². The Balaban J connectivity index is 1.67. The van der Waals surface area contributed by atoms with E-state index in [1.54, 1.807) is 35.0 Å². The molecule has 1 aromatic heterocycles. The van der Waals surface area contributed by atoms with Gasteiger partial charge < -0.3 is 10.0 Å². The average molecular weight is 299 g/mol.